The Kier molecular flexibility index (Phi) is 12.2. The second-order valence-corrected chi connectivity index (χ2v) is 15.2. The van der Waals surface area contributed by atoms with Crippen LogP contribution in [0.3, 0.4) is 0 Å². The van der Waals surface area contributed by atoms with Gasteiger partial charge in [0.05, 0.1) is 23.4 Å². The van der Waals surface area contributed by atoms with Crippen molar-refractivity contribution in [3.63, 3.8) is 0 Å². The van der Waals surface area contributed by atoms with Gasteiger partial charge in [0, 0.05) is 36.3 Å². The van der Waals surface area contributed by atoms with Gasteiger partial charge >= 0.3 is 0 Å². The fourth-order valence-electron chi connectivity index (χ4n) is 5.04. The van der Waals surface area contributed by atoms with Gasteiger partial charge in [-0.05, 0) is 51.7 Å². The van der Waals surface area contributed by atoms with Crippen LogP contribution in [0.2, 0.25) is 10.0 Å². The molecule has 1 atom stereocenters. The number of rotatable bonds is 11. The molecule has 0 heterocycles. The van der Waals surface area contributed by atoms with Gasteiger partial charge in [-0.3, -0.25) is 14.4 Å². The molecule has 0 saturated heterocycles. The molecule has 4 aromatic carbocycles. The third-order valence-corrected chi connectivity index (χ3v) is 10.9. The molecule has 1 unspecified atom stereocenters. The van der Waals surface area contributed by atoms with Gasteiger partial charge in [0.15, 0.2) is 0 Å². The van der Waals surface area contributed by atoms with Crippen molar-refractivity contribution >= 4 is 72.1 Å². The summed E-state index contributed by atoms with van der Waals surface area (Å²) in [6.45, 7) is 5.98. The molecule has 244 valence electrons. The maximum Gasteiger partial charge on any atom is 0.251 e. The first-order valence-corrected chi connectivity index (χ1v) is 17.6. The summed E-state index contributed by atoms with van der Waals surface area (Å²) in [6.07, 6.45) is 2.44. The number of halogens is 2. The lowest BCUT2D eigenvalue weighted by atomic mass is 9.84. The minimum Gasteiger partial charge on any atom is -0.403 e. The molecule has 4 aromatic rings. The van der Waals surface area contributed by atoms with Crippen LogP contribution in [0, 0.1) is 5.41 Å². The van der Waals surface area contributed by atoms with Gasteiger partial charge in [0.25, 0.3) is 5.91 Å². The van der Waals surface area contributed by atoms with Crippen molar-refractivity contribution in [3.05, 3.63) is 130 Å². The predicted octanol–water partition coefficient (Wildman–Crippen LogP) is 5.79. The minimum atomic E-state index is -2.21. The van der Waals surface area contributed by atoms with Crippen LogP contribution in [0.4, 0.5) is 5.69 Å². The Morgan fingerprint density at radius 1 is 0.872 bits per heavy atom. The van der Waals surface area contributed by atoms with E-state index >= 15 is 0 Å². The molecule has 0 aromatic heterocycles. The first-order chi connectivity index (χ1) is 22.4. The summed E-state index contributed by atoms with van der Waals surface area (Å²) in [5, 5.41) is 8.18. The van der Waals surface area contributed by atoms with Crippen molar-refractivity contribution in [2.45, 2.75) is 26.9 Å². The fraction of sp³-hybridized carbons (Fsp3) is 0.216. The zero-order valence-electron chi connectivity index (χ0n) is 27.1. The van der Waals surface area contributed by atoms with Gasteiger partial charge in [-0.1, -0.05) is 117 Å². The van der Waals surface area contributed by atoms with Crippen molar-refractivity contribution in [2.24, 2.45) is 5.41 Å². The number of likely N-dealkylation sites (N-methyl/N-ethyl adjacent to an activating group) is 1. The van der Waals surface area contributed by atoms with Crippen LogP contribution in [-0.4, -0.2) is 47.4 Å². The van der Waals surface area contributed by atoms with E-state index in [1.165, 1.54) is 11.0 Å². The largest absolute Gasteiger partial charge is 0.403 e. The molecule has 0 aliphatic rings. The third-order valence-electron chi connectivity index (χ3n) is 7.61. The smallest absolute Gasteiger partial charge is 0.251 e. The number of hydrogen-bond acceptors (Lipinski definition) is 4. The molecule has 0 saturated carbocycles. The predicted molar refractivity (Wildman–Crippen MR) is 194 cm³/mol. The molecule has 0 spiro atoms. The molecule has 4 rings (SSSR count). The van der Waals surface area contributed by atoms with Crippen LogP contribution < -0.4 is 25.9 Å². The van der Waals surface area contributed by atoms with Gasteiger partial charge < -0.3 is 20.0 Å². The number of hydrogen-bond donors (Lipinski definition) is 2. The van der Waals surface area contributed by atoms with E-state index in [1.807, 2.05) is 36.4 Å². The quantitative estimate of drug-likeness (QED) is 0.154. The summed E-state index contributed by atoms with van der Waals surface area (Å²) in [7, 11) is 0.958. The average Bonchev–Trinajstić information content (AvgIpc) is 3.07. The fourth-order valence-corrected chi connectivity index (χ4v) is 8.40. The highest BCUT2D eigenvalue weighted by molar-refractivity contribution is 6.80. The molecule has 0 radical (unpaired) electrons. The Balaban J connectivity index is 1.53. The first-order valence-electron chi connectivity index (χ1n) is 15.2. The highest BCUT2D eigenvalue weighted by Crippen LogP contribution is 2.46. The average molecular weight is 689 g/mol. The minimum absolute atomic E-state index is 0.194. The first kappa shape index (κ1) is 35.6. The highest BCUT2D eigenvalue weighted by Gasteiger charge is 2.36. The Bertz CT molecular complexity index is 1690. The maximum absolute atomic E-state index is 13.2. The maximum atomic E-state index is 13.2. The van der Waals surface area contributed by atoms with Gasteiger partial charge in [-0.25, -0.2) is 0 Å². The van der Waals surface area contributed by atoms with E-state index < -0.39 is 26.5 Å². The van der Waals surface area contributed by atoms with E-state index in [4.69, 9.17) is 27.6 Å². The molecule has 0 aliphatic carbocycles. The van der Waals surface area contributed by atoms with Crippen molar-refractivity contribution < 1.29 is 18.8 Å². The van der Waals surface area contributed by atoms with E-state index in [2.05, 4.69) is 55.7 Å². The topological polar surface area (TPSA) is 87.7 Å². The number of benzene rings is 4. The van der Waals surface area contributed by atoms with Gasteiger partial charge in [-0.2, -0.15) is 0 Å². The van der Waals surface area contributed by atoms with Crippen molar-refractivity contribution in [3.8, 4) is 0 Å². The Hall–Kier alpha value is -4.21. The van der Waals surface area contributed by atoms with Crippen molar-refractivity contribution in [1.29, 1.82) is 0 Å². The standard InChI is InChI=1S/C37H39Cl2N3O4Si/c1-37(2,3)35(46-47(27-12-8-6-9-13-27)28-14-10-7-11-15-28)33-29(38)21-22-30(34(33)39)42(5)32(44)24-41-31(43)23-18-25-16-19-26(20-17-25)36(45)40-4/h6-23,35,47H,24H2,1-5H3,(H,40,45)(H,41,43). The van der Waals surface area contributed by atoms with E-state index in [9.17, 15) is 14.4 Å². The lowest BCUT2D eigenvalue weighted by molar-refractivity contribution is -0.122. The van der Waals surface area contributed by atoms with Crippen LogP contribution in [0.5, 0.6) is 0 Å². The molecule has 0 aliphatic heterocycles. The van der Waals surface area contributed by atoms with E-state index in [0.717, 1.165) is 15.9 Å². The Labute approximate surface area is 288 Å². The number of nitrogens with one attached hydrogen (secondary N) is 2. The molecule has 0 bridgehead atoms. The molecular weight excluding hydrogens is 649 g/mol. The number of anilines is 1. The second-order valence-electron chi connectivity index (χ2n) is 12.1. The van der Waals surface area contributed by atoms with E-state index in [-0.39, 0.29) is 18.4 Å². The van der Waals surface area contributed by atoms with Gasteiger partial charge in [-0.15, -0.1) is 0 Å². The second kappa shape index (κ2) is 16.1. The van der Waals surface area contributed by atoms with Crippen molar-refractivity contribution in [2.75, 3.05) is 25.5 Å². The summed E-state index contributed by atoms with van der Waals surface area (Å²) in [5.74, 6) is -1.00. The summed E-state index contributed by atoms with van der Waals surface area (Å²) in [4.78, 5) is 38.9. The summed E-state index contributed by atoms with van der Waals surface area (Å²) < 4.78 is 7.08. The zero-order chi connectivity index (χ0) is 34.1. The van der Waals surface area contributed by atoms with Gasteiger partial charge in [0.1, 0.15) is 0 Å². The SMILES string of the molecule is CNC(=O)c1ccc(C=CC(=O)NCC(=O)N(C)c2ccc(Cl)c(C(O[SiH](c3ccccc3)c3ccccc3)C(C)(C)C)c2Cl)cc1. The molecule has 2 N–H and O–H groups in total. The monoisotopic (exact) mass is 687 g/mol. The summed E-state index contributed by atoms with van der Waals surface area (Å²) in [5.41, 5.74) is 1.90. The number of amides is 3. The van der Waals surface area contributed by atoms with E-state index in [0.29, 0.717) is 26.9 Å². The summed E-state index contributed by atoms with van der Waals surface area (Å²) in [6, 6.07) is 30.6. The zero-order valence-corrected chi connectivity index (χ0v) is 29.8. The molecular formula is C37H39Cl2N3O4Si. The highest BCUT2D eigenvalue weighted by atomic mass is 35.5. The number of nitrogens with zero attached hydrogens (tertiary/aromatic N) is 1. The van der Waals surface area contributed by atoms with Crippen LogP contribution in [0.1, 0.15) is 48.4 Å². The van der Waals surface area contributed by atoms with E-state index in [1.54, 1.807) is 56.6 Å². The van der Waals surface area contributed by atoms with Crippen LogP contribution in [0.25, 0.3) is 6.08 Å². The number of carbonyl (C=O) groups is 3. The van der Waals surface area contributed by atoms with Crippen LogP contribution in [0.15, 0.2) is 103 Å². The normalized spacial score (nSPS) is 12.2. The lowest BCUT2D eigenvalue weighted by Crippen LogP contribution is -2.47. The lowest BCUT2D eigenvalue weighted by Gasteiger charge is -2.36. The molecule has 0 fully saturated rings. The summed E-state index contributed by atoms with van der Waals surface area (Å²) >= 11 is 13.9. The molecule has 47 heavy (non-hydrogen) atoms. The third kappa shape index (κ3) is 9.20. The molecule has 3 amide bonds. The Morgan fingerprint density at radius 3 is 1.98 bits per heavy atom. The molecule has 10 heteroatoms. The number of carbonyl (C=O) groups excluding carboxylic acids is 3. The van der Waals surface area contributed by atoms with Gasteiger partial charge in [0.2, 0.25) is 20.9 Å². The Morgan fingerprint density at radius 2 is 1.45 bits per heavy atom. The van der Waals surface area contributed by atoms with Crippen LogP contribution >= 0.6 is 23.2 Å². The molecule has 7 nitrogen and oxygen atoms in total. The van der Waals surface area contributed by atoms with Crippen molar-refractivity contribution in [1.82, 2.24) is 10.6 Å². The van der Waals surface area contributed by atoms with Crippen LogP contribution in [-0.2, 0) is 14.0 Å².